The van der Waals surface area contributed by atoms with Gasteiger partial charge in [0, 0.05) is 11.7 Å². The molecule has 1 aromatic heterocycles. The minimum absolute atomic E-state index is 0.247. The number of ketones is 1. The first-order chi connectivity index (χ1) is 7.74. The highest BCUT2D eigenvalue weighted by Gasteiger charge is 2.43. The van der Waals surface area contributed by atoms with Crippen LogP contribution in [0.2, 0.25) is 0 Å². The van der Waals surface area contributed by atoms with Crippen LogP contribution < -0.4 is 0 Å². The van der Waals surface area contributed by atoms with Crippen molar-refractivity contribution in [1.82, 2.24) is 4.57 Å². The largest absolute Gasteiger partial charge is 0.334 e. The summed E-state index contributed by atoms with van der Waals surface area (Å²) in [6.07, 6.45) is 5.19. The molecule has 1 aromatic carbocycles. The summed E-state index contributed by atoms with van der Waals surface area (Å²) < 4.78 is 2.17. The van der Waals surface area contributed by atoms with E-state index in [2.05, 4.69) is 29.0 Å². The maximum Gasteiger partial charge on any atom is 0.155 e. The Bertz CT molecular complexity index is 549. The molecule has 0 spiro atoms. The summed E-state index contributed by atoms with van der Waals surface area (Å²) in [5.74, 6) is 0.292. The Hall–Kier alpha value is -1.57. The molecule has 1 fully saturated rings. The van der Waals surface area contributed by atoms with Gasteiger partial charge in [0.05, 0.1) is 0 Å². The van der Waals surface area contributed by atoms with Gasteiger partial charge in [-0.1, -0.05) is 18.2 Å². The van der Waals surface area contributed by atoms with E-state index >= 15 is 0 Å². The van der Waals surface area contributed by atoms with Crippen LogP contribution in [0.15, 0.2) is 36.5 Å². The SMILES string of the molecule is CC(=O)C1(n2ccc3ccccc32)CCC1. The lowest BCUT2D eigenvalue weighted by atomic mass is 9.73. The molecule has 3 rings (SSSR count). The number of hydrogen-bond acceptors (Lipinski definition) is 1. The number of aromatic nitrogens is 1. The Morgan fingerprint density at radius 2 is 2.00 bits per heavy atom. The Morgan fingerprint density at radius 1 is 1.25 bits per heavy atom. The number of rotatable bonds is 2. The number of carbonyl (C=O) groups excluding carboxylic acids is 1. The molecule has 2 heteroatoms. The molecule has 0 amide bonds. The lowest BCUT2D eigenvalue weighted by Gasteiger charge is -2.41. The zero-order chi connectivity index (χ0) is 11.2. The highest BCUT2D eigenvalue weighted by Crippen LogP contribution is 2.42. The Labute approximate surface area is 94.9 Å². The van der Waals surface area contributed by atoms with E-state index < -0.39 is 0 Å². The van der Waals surface area contributed by atoms with Crippen molar-refractivity contribution < 1.29 is 4.79 Å². The van der Waals surface area contributed by atoms with E-state index in [1.807, 2.05) is 12.1 Å². The predicted octanol–water partition coefficient (Wildman–Crippen LogP) is 3.11. The summed E-state index contributed by atoms with van der Waals surface area (Å²) in [4.78, 5) is 11.9. The van der Waals surface area contributed by atoms with Crippen LogP contribution in [0.3, 0.4) is 0 Å². The Kier molecular flexibility index (Phi) is 1.93. The molecule has 0 saturated heterocycles. The third-order valence-corrected chi connectivity index (χ3v) is 3.90. The number of carbonyl (C=O) groups is 1. The van der Waals surface area contributed by atoms with Crippen molar-refractivity contribution in [3.05, 3.63) is 36.5 Å². The first-order valence-electron chi connectivity index (χ1n) is 5.82. The Balaban J connectivity index is 2.22. The second kappa shape index (κ2) is 3.21. The fourth-order valence-electron chi connectivity index (χ4n) is 2.73. The van der Waals surface area contributed by atoms with E-state index in [1.165, 1.54) is 10.9 Å². The van der Waals surface area contributed by atoms with Gasteiger partial charge in [-0.15, -0.1) is 0 Å². The number of hydrogen-bond donors (Lipinski definition) is 0. The molecule has 0 atom stereocenters. The molecule has 2 nitrogen and oxygen atoms in total. The van der Waals surface area contributed by atoms with Gasteiger partial charge in [0.1, 0.15) is 5.54 Å². The highest BCUT2D eigenvalue weighted by atomic mass is 16.1. The number of fused-ring (bicyclic) bond motifs is 1. The average Bonchev–Trinajstić information content (AvgIpc) is 2.61. The van der Waals surface area contributed by atoms with Crippen LogP contribution in [0.5, 0.6) is 0 Å². The summed E-state index contributed by atoms with van der Waals surface area (Å²) in [5, 5.41) is 1.22. The first-order valence-corrected chi connectivity index (χ1v) is 5.82. The van der Waals surface area contributed by atoms with E-state index in [0.717, 1.165) is 19.3 Å². The number of Topliss-reactive ketones (excluding diaryl/α,β-unsaturated/α-hetero) is 1. The van der Waals surface area contributed by atoms with Crippen LogP contribution in [0.4, 0.5) is 0 Å². The van der Waals surface area contributed by atoms with Gasteiger partial charge in [-0.05, 0) is 43.7 Å². The van der Waals surface area contributed by atoms with E-state index in [0.29, 0.717) is 5.78 Å². The minimum Gasteiger partial charge on any atom is -0.334 e. The lowest BCUT2D eigenvalue weighted by molar-refractivity contribution is -0.129. The van der Waals surface area contributed by atoms with Gasteiger partial charge in [0.2, 0.25) is 0 Å². The second-order valence-electron chi connectivity index (χ2n) is 4.69. The summed E-state index contributed by atoms with van der Waals surface area (Å²) in [5.41, 5.74) is 0.931. The smallest absolute Gasteiger partial charge is 0.155 e. The molecule has 0 N–H and O–H groups in total. The molecular weight excluding hydrogens is 198 g/mol. The lowest BCUT2D eigenvalue weighted by Crippen LogP contribution is -2.46. The number of benzene rings is 1. The maximum absolute atomic E-state index is 11.9. The third kappa shape index (κ3) is 1.10. The van der Waals surface area contributed by atoms with Gasteiger partial charge in [0.25, 0.3) is 0 Å². The maximum atomic E-state index is 11.9. The molecule has 0 unspecified atom stereocenters. The molecular formula is C14H15NO. The summed E-state index contributed by atoms with van der Waals surface area (Å²) in [7, 11) is 0. The third-order valence-electron chi connectivity index (χ3n) is 3.90. The van der Waals surface area contributed by atoms with Crippen LogP contribution in [-0.2, 0) is 10.3 Å². The van der Waals surface area contributed by atoms with Gasteiger partial charge in [-0.3, -0.25) is 4.79 Å². The minimum atomic E-state index is -0.247. The summed E-state index contributed by atoms with van der Waals surface area (Å²) in [6, 6.07) is 10.4. The van der Waals surface area contributed by atoms with Crippen molar-refractivity contribution in [3.63, 3.8) is 0 Å². The molecule has 0 bridgehead atoms. The summed E-state index contributed by atoms with van der Waals surface area (Å²) in [6.45, 7) is 1.72. The normalized spacial score (nSPS) is 18.3. The zero-order valence-electron chi connectivity index (χ0n) is 9.44. The van der Waals surface area contributed by atoms with E-state index in [9.17, 15) is 4.79 Å². The monoisotopic (exact) mass is 213 g/mol. The van der Waals surface area contributed by atoms with Gasteiger partial charge >= 0.3 is 0 Å². The molecule has 0 aliphatic heterocycles. The topological polar surface area (TPSA) is 22.0 Å². The van der Waals surface area contributed by atoms with Gasteiger partial charge in [-0.25, -0.2) is 0 Å². The molecule has 1 aliphatic rings. The van der Waals surface area contributed by atoms with Crippen LogP contribution in [-0.4, -0.2) is 10.4 Å². The van der Waals surface area contributed by atoms with Gasteiger partial charge in [-0.2, -0.15) is 0 Å². The quantitative estimate of drug-likeness (QED) is 0.751. The fourth-order valence-corrected chi connectivity index (χ4v) is 2.73. The van der Waals surface area contributed by atoms with Crippen LogP contribution in [0, 0.1) is 0 Å². The van der Waals surface area contributed by atoms with Crippen LogP contribution >= 0.6 is 0 Å². The molecule has 82 valence electrons. The van der Waals surface area contributed by atoms with Gasteiger partial charge in [0.15, 0.2) is 5.78 Å². The van der Waals surface area contributed by atoms with Crippen molar-refractivity contribution in [2.24, 2.45) is 0 Å². The molecule has 1 aliphatic carbocycles. The summed E-state index contributed by atoms with van der Waals surface area (Å²) >= 11 is 0. The molecule has 2 aromatic rings. The van der Waals surface area contributed by atoms with Gasteiger partial charge < -0.3 is 4.57 Å². The van der Waals surface area contributed by atoms with Crippen molar-refractivity contribution in [1.29, 1.82) is 0 Å². The second-order valence-corrected chi connectivity index (χ2v) is 4.69. The number of para-hydroxylation sites is 1. The Morgan fingerprint density at radius 3 is 2.62 bits per heavy atom. The molecule has 16 heavy (non-hydrogen) atoms. The number of nitrogens with zero attached hydrogens (tertiary/aromatic N) is 1. The molecule has 1 heterocycles. The molecule has 1 saturated carbocycles. The van der Waals surface area contributed by atoms with E-state index in [4.69, 9.17) is 0 Å². The van der Waals surface area contributed by atoms with Crippen molar-refractivity contribution in [2.75, 3.05) is 0 Å². The predicted molar refractivity (Wildman–Crippen MR) is 64.4 cm³/mol. The zero-order valence-corrected chi connectivity index (χ0v) is 9.44. The average molecular weight is 213 g/mol. The standard InChI is InChI=1S/C14H15NO/c1-11(16)14(8-4-9-14)15-10-7-12-5-2-3-6-13(12)15/h2-3,5-7,10H,4,8-9H2,1H3. The van der Waals surface area contributed by atoms with Crippen LogP contribution in [0.1, 0.15) is 26.2 Å². The fraction of sp³-hybridized carbons (Fsp3) is 0.357. The van der Waals surface area contributed by atoms with Crippen molar-refractivity contribution >= 4 is 16.7 Å². The van der Waals surface area contributed by atoms with Crippen molar-refractivity contribution in [2.45, 2.75) is 31.7 Å². The van der Waals surface area contributed by atoms with Crippen LogP contribution in [0.25, 0.3) is 10.9 Å². The van der Waals surface area contributed by atoms with E-state index in [-0.39, 0.29) is 5.54 Å². The first kappa shape index (κ1) is 9.64. The van der Waals surface area contributed by atoms with E-state index in [1.54, 1.807) is 6.92 Å². The molecule has 0 radical (unpaired) electrons. The van der Waals surface area contributed by atoms with Crippen molar-refractivity contribution in [3.8, 4) is 0 Å². The highest BCUT2D eigenvalue weighted by molar-refractivity contribution is 5.89.